The Kier molecular flexibility index (Phi) is 6.90. The molecule has 34 heavy (non-hydrogen) atoms. The SMILES string of the molecule is Cc1ccc(NC(=O)Nc2ccc(Cl)cc2)cc1-c1cccc(C(=O)Nc2ccc(F)cc2)c1. The summed E-state index contributed by atoms with van der Waals surface area (Å²) in [5.41, 5.74) is 4.87. The number of carbonyl (C=O) groups excluding carboxylic acids is 2. The van der Waals surface area contributed by atoms with Crippen LogP contribution in [0.15, 0.2) is 91.0 Å². The predicted molar refractivity (Wildman–Crippen MR) is 135 cm³/mol. The molecule has 3 amide bonds. The first kappa shape index (κ1) is 23.0. The van der Waals surface area contributed by atoms with Gasteiger partial charge in [0, 0.05) is 27.6 Å². The number of urea groups is 1. The minimum Gasteiger partial charge on any atom is -0.322 e. The summed E-state index contributed by atoms with van der Waals surface area (Å²) in [4.78, 5) is 25.1. The second kappa shape index (κ2) is 10.2. The van der Waals surface area contributed by atoms with Gasteiger partial charge in [-0.3, -0.25) is 4.79 Å². The standard InChI is InChI=1S/C27H21ClFN3O2/c1-17-5-10-24(32-27(34)31-23-11-6-20(28)7-12-23)16-25(17)18-3-2-4-19(15-18)26(33)30-22-13-8-21(29)9-14-22/h2-16H,1H3,(H,30,33)(H2,31,32,34). The molecule has 5 nitrogen and oxygen atoms in total. The Hall–Kier alpha value is -4.16. The molecule has 0 aliphatic rings. The first-order chi connectivity index (χ1) is 16.4. The van der Waals surface area contributed by atoms with Gasteiger partial charge >= 0.3 is 6.03 Å². The van der Waals surface area contributed by atoms with Crippen LogP contribution in [0.25, 0.3) is 11.1 Å². The van der Waals surface area contributed by atoms with Gasteiger partial charge in [0.25, 0.3) is 5.91 Å². The molecule has 0 radical (unpaired) electrons. The highest BCUT2D eigenvalue weighted by Crippen LogP contribution is 2.28. The lowest BCUT2D eigenvalue weighted by atomic mass is 9.98. The van der Waals surface area contributed by atoms with Crippen molar-refractivity contribution < 1.29 is 14.0 Å². The fourth-order valence-electron chi connectivity index (χ4n) is 3.40. The van der Waals surface area contributed by atoms with Crippen LogP contribution in [-0.2, 0) is 0 Å². The van der Waals surface area contributed by atoms with E-state index in [1.807, 2.05) is 31.2 Å². The molecule has 4 aromatic rings. The Morgan fingerprint density at radius 3 is 2.09 bits per heavy atom. The minimum atomic E-state index is -0.385. The van der Waals surface area contributed by atoms with Crippen LogP contribution in [0.3, 0.4) is 0 Å². The molecular weight excluding hydrogens is 453 g/mol. The molecule has 0 fully saturated rings. The van der Waals surface area contributed by atoms with Crippen molar-refractivity contribution in [2.45, 2.75) is 6.92 Å². The normalized spacial score (nSPS) is 10.4. The van der Waals surface area contributed by atoms with Crippen molar-refractivity contribution in [3.8, 4) is 11.1 Å². The molecule has 0 spiro atoms. The van der Waals surface area contributed by atoms with E-state index in [0.717, 1.165) is 16.7 Å². The van der Waals surface area contributed by atoms with Crippen LogP contribution in [-0.4, -0.2) is 11.9 Å². The van der Waals surface area contributed by atoms with E-state index in [2.05, 4.69) is 16.0 Å². The maximum absolute atomic E-state index is 13.1. The Labute approximate surface area is 201 Å². The van der Waals surface area contributed by atoms with E-state index in [-0.39, 0.29) is 17.8 Å². The number of carbonyl (C=O) groups is 2. The van der Waals surface area contributed by atoms with E-state index in [0.29, 0.717) is 27.6 Å². The largest absolute Gasteiger partial charge is 0.323 e. The summed E-state index contributed by atoms with van der Waals surface area (Å²) in [5.74, 6) is -0.673. The molecule has 0 saturated heterocycles. The van der Waals surface area contributed by atoms with Crippen molar-refractivity contribution in [2.75, 3.05) is 16.0 Å². The highest BCUT2D eigenvalue weighted by molar-refractivity contribution is 6.30. The molecule has 0 unspecified atom stereocenters. The second-order valence-electron chi connectivity index (χ2n) is 7.66. The predicted octanol–water partition coefficient (Wildman–Crippen LogP) is 7.35. The lowest BCUT2D eigenvalue weighted by molar-refractivity contribution is 0.102. The van der Waals surface area contributed by atoms with E-state index in [1.54, 1.807) is 42.5 Å². The van der Waals surface area contributed by atoms with Crippen molar-refractivity contribution in [3.05, 3.63) is 113 Å². The summed E-state index contributed by atoms with van der Waals surface area (Å²) >= 11 is 5.88. The number of nitrogens with one attached hydrogen (secondary N) is 3. The summed E-state index contributed by atoms with van der Waals surface area (Å²) < 4.78 is 13.1. The third-order valence-corrected chi connectivity index (χ3v) is 5.39. The number of hydrogen-bond donors (Lipinski definition) is 3. The fraction of sp³-hybridized carbons (Fsp3) is 0.0370. The quantitative estimate of drug-likeness (QED) is 0.283. The molecule has 0 heterocycles. The van der Waals surface area contributed by atoms with Crippen LogP contribution in [0.4, 0.5) is 26.2 Å². The van der Waals surface area contributed by atoms with Crippen LogP contribution in [0.1, 0.15) is 15.9 Å². The summed E-state index contributed by atoms with van der Waals surface area (Å²) in [6, 6.07) is 24.8. The van der Waals surface area contributed by atoms with Crippen LogP contribution in [0, 0.1) is 12.7 Å². The highest BCUT2D eigenvalue weighted by atomic mass is 35.5. The zero-order valence-corrected chi connectivity index (χ0v) is 19.0. The van der Waals surface area contributed by atoms with Gasteiger partial charge < -0.3 is 16.0 Å². The Morgan fingerprint density at radius 1 is 0.735 bits per heavy atom. The number of amides is 3. The van der Waals surface area contributed by atoms with E-state index in [4.69, 9.17) is 11.6 Å². The lowest BCUT2D eigenvalue weighted by Gasteiger charge is -2.13. The number of halogens is 2. The van der Waals surface area contributed by atoms with Gasteiger partial charge in [-0.15, -0.1) is 0 Å². The molecule has 7 heteroatoms. The summed E-state index contributed by atoms with van der Waals surface area (Å²) in [6.07, 6.45) is 0. The van der Waals surface area contributed by atoms with E-state index in [1.165, 1.54) is 24.3 Å². The third-order valence-electron chi connectivity index (χ3n) is 5.14. The zero-order chi connectivity index (χ0) is 24.1. The number of rotatable bonds is 5. The number of hydrogen-bond acceptors (Lipinski definition) is 2. The average Bonchev–Trinajstić information content (AvgIpc) is 2.83. The second-order valence-corrected chi connectivity index (χ2v) is 8.09. The molecule has 4 aromatic carbocycles. The van der Waals surface area contributed by atoms with Crippen LogP contribution < -0.4 is 16.0 Å². The highest BCUT2D eigenvalue weighted by Gasteiger charge is 2.11. The Balaban J connectivity index is 1.51. The molecule has 0 aliphatic carbocycles. The maximum atomic E-state index is 13.1. The molecule has 0 atom stereocenters. The zero-order valence-electron chi connectivity index (χ0n) is 18.2. The lowest BCUT2D eigenvalue weighted by Crippen LogP contribution is -2.19. The number of anilines is 3. The topological polar surface area (TPSA) is 70.2 Å². The monoisotopic (exact) mass is 473 g/mol. The van der Waals surface area contributed by atoms with Gasteiger partial charge in [0.1, 0.15) is 5.82 Å². The third kappa shape index (κ3) is 5.79. The van der Waals surface area contributed by atoms with Crippen molar-refractivity contribution in [1.29, 1.82) is 0 Å². The van der Waals surface area contributed by atoms with Gasteiger partial charge in [-0.05, 0) is 96.4 Å². The van der Waals surface area contributed by atoms with Crippen molar-refractivity contribution in [3.63, 3.8) is 0 Å². The van der Waals surface area contributed by atoms with Gasteiger partial charge in [0.2, 0.25) is 0 Å². The summed E-state index contributed by atoms with van der Waals surface area (Å²) in [5, 5.41) is 8.93. The molecule has 0 bridgehead atoms. The Morgan fingerprint density at radius 2 is 1.35 bits per heavy atom. The van der Waals surface area contributed by atoms with Gasteiger partial charge in [0.15, 0.2) is 0 Å². The molecule has 170 valence electrons. The van der Waals surface area contributed by atoms with E-state index in [9.17, 15) is 14.0 Å². The Bertz CT molecular complexity index is 1340. The molecule has 0 aliphatic heterocycles. The van der Waals surface area contributed by atoms with Gasteiger partial charge in [-0.2, -0.15) is 0 Å². The number of benzene rings is 4. The minimum absolute atomic E-state index is 0.303. The summed E-state index contributed by atoms with van der Waals surface area (Å²) in [6.45, 7) is 1.96. The van der Waals surface area contributed by atoms with Crippen LogP contribution >= 0.6 is 11.6 Å². The molecule has 0 aromatic heterocycles. The fourth-order valence-corrected chi connectivity index (χ4v) is 3.53. The van der Waals surface area contributed by atoms with Gasteiger partial charge in [-0.1, -0.05) is 29.8 Å². The molecule has 4 rings (SSSR count). The van der Waals surface area contributed by atoms with Crippen molar-refractivity contribution in [2.24, 2.45) is 0 Å². The van der Waals surface area contributed by atoms with Crippen LogP contribution in [0.5, 0.6) is 0 Å². The molecule has 0 saturated carbocycles. The summed E-state index contributed by atoms with van der Waals surface area (Å²) in [7, 11) is 0. The number of aryl methyl sites for hydroxylation is 1. The van der Waals surface area contributed by atoms with Crippen LogP contribution in [0.2, 0.25) is 5.02 Å². The first-order valence-corrected chi connectivity index (χ1v) is 10.9. The van der Waals surface area contributed by atoms with E-state index >= 15 is 0 Å². The van der Waals surface area contributed by atoms with Crippen molar-refractivity contribution >= 4 is 40.6 Å². The smallest absolute Gasteiger partial charge is 0.322 e. The molecule has 3 N–H and O–H groups in total. The average molecular weight is 474 g/mol. The molecular formula is C27H21ClFN3O2. The maximum Gasteiger partial charge on any atom is 0.323 e. The van der Waals surface area contributed by atoms with E-state index < -0.39 is 0 Å². The first-order valence-electron chi connectivity index (χ1n) is 10.5. The van der Waals surface area contributed by atoms with Crippen molar-refractivity contribution in [1.82, 2.24) is 0 Å². The van der Waals surface area contributed by atoms with Gasteiger partial charge in [-0.25, -0.2) is 9.18 Å². The van der Waals surface area contributed by atoms with Gasteiger partial charge in [0.05, 0.1) is 0 Å².